The monoisotopic (exact) mass is 358 g/mol. The lowest BCUT2D eigenvalue weighted by Crippen LogP contribution is -2.41. The van der Waals surface area contributed by atoms with E-state index in [-0.39, 0.29) is 17.8 Å². The largest absolute Gasteiger partial charge is 0.348 e. The number of carbonyl (C=O) groups is 1. The molecule has 0 radical (unpaired) electrons. The second-order valence-electron chi connectivity index (χ2n) is 7.32. The third kappa shape index (κ3) is 4.30. The summed E-state index contributed by atoms with van der Waals surface area (Å²) < 4.78 is 15.2. The van der Waals surface area contributed by atoms with E-state index in [1.54, 1.807) is 16.9 Å². The maximum Gasteiger partial charge on any atom is 0.234 e. The Kier molecular flexibility index (Phi) is 5.71. The van der Waals surface area contributed by atoms with Crippen molar-refractivity contribution in [2.24, 2.45) is 5.92 Å². The van der Waals surface area contributed by atoms with Gasteiger partial charge in [0.2, 0.25) is 5.91 Å². The average molecular weight is 358 g/mol. The highest BCUT2D eigenvalue weighted by Crippen LogP contribution is 2.21. The molecule has 26 heavy (non-hydrogen) atoms. The second kappa shape index (κ2) is 7.99. The summed E-state index contributed by atoms with van der Waals surface area (Å²) in [7, 11) is 0. The first-order valence-corrected chi connectivity index (χ1v) is 9.26. The van der Waals surface area contributed by atoms with Gasteiger partial charge in [-0.25, -0.2) is 9.07 Å². The van der Waals surface area contributed by atoms with Crippen LogP contribution in [-0.4, -0.2) is 40.2 Å². The molecule has 0 aliphatic carbocycles. The van der Waals surface area contributed by atoms with Crippen molar-refractivity contribution in [2.75, 3.05) is 19.6 Å². The average Bonchev–Trinajstić information content (AvgIpc) is 2.98. The van der Waals surface area contributed by atoms with Gasteiger partial charge in [-0.2, -0.15) is 5.10 Å². The van der Waals surface area contributed by atoms with Crippen molar-refractivity contribution in [1.82, 2.24) is 20.0 Å². The predicted molar refractivity (Wildman–Crippen MR) is 99.7 cm³/mol. The van der Waals surface area contributed by atoms with Crippen LogP contribution in [0.15, 0.2) is 30.5 Å². The minimum Gasteiger partial charge on any atom is -0.348 e. The number of halogens is 1. The summed E-state index contributed by atoms with van der Waals surface area (Å²) in [5.41, 5.74) is 2.51. The Morgan fingerprint density at radius 1 is 1.38 bits per heavy atom. The van der Waals surface area contributed by atoms with Gasteiger partial charge in [-0.15, -0.1) is 0 Å². The summed E-state index contributed by atoms with van der Waals surface area (Å²) in [5, 5.41) is 7.43. The molecular formula is C20H27FN4O. The maximum atomic E-state index is 13.5. The summed E-state index contributed by atoms with van der Waals surface area (Å²) in [6.07, 6.45) is 4.05. The molecule has 2 aromatic rings. The molecule has 1 atom stereocenters. The highest BCUT2D eigenvalue weighted by molar-refractivity contribution is 5.78. The van der Waals surface area contributed by atoms with Gasteiger partial charge in [0.1, 0.15) is 5.82 Å². The van der Waals surface area contributed by atoms with E-state index in [4.69, 9.17) is 0 Å². The van der Waals surface area contributed by atoms with Crippen LogP contribution in [0.5, 0.6) is 0 Å². The van der Waals surface area contributed by atoms with Crippen molar-refractivity contribution in [2.45, 2.75) is 39.7 Å². The van der Waals surface area contributed by atoms with Crippen molar-refractivity contribution < 1.29 is 9.18 Å². The first-order valence-electron chi connectivity index (χ1n) is 9.26. The van der Waals surface area contributed by atoms with E-state index in [0.717, 1.165) is 43.1 Å². The third-order valence-corrected chi connectivity index (χ3v) is 5.19. The molecule has 1 aliphatic rings. The fraction of sp³-hybridized carbons (Fsp3) is 0.500. The molecule has 0 bridgehead atoms. The molecule has 0 saturated carbocycles. The van der Waals surface area contributed by atoms with Crippen molar-refractivity contribution in [3.8, 4) is 5.69 Å². The van der Waals surface area contributed by atoms with E-state index in [2.05, 4.69) is 22.2 Å². The number of piperidine rings is 1. The molecule has 0 spiro atoms. The van der Waals surface area contributed by atoms with Crippen LogP contribution in [0.2, 0.25) is 0 Å². The lowest BCUT2D eigenvalue weighted by atomic mass is 9.99. The molecule has 1 unspecified atom stereocenters. The SMILES string of the molecule is Cc1c(C(C)NC(=O)CN2CCC(C)CC2)cnn1-c1cccc(F)c1. The Hall–Kier alpha value is -2.21. The molecule has 1 saturated heterocycles. The fourth-order valence-electron chi connectivity index (χ4n) is 3.50. The number of rotatable bonds is 5. The predicted octanol–water partition coefficient (Wildman–Crippen LogP) is 3.23. The zero-order chi connectivity index (χ0) is 18.7. The Morgan fingerprint density at radius 2 is 2.12 bits per heavy atom. The molecule has 1 aromatic carbocycles. The number of likely N-dealkylation sites (tertiary alicyclic amines) is 1. The number of benzene rings is 1. The molecule has 1 fully saturated rings. The maximum absolute atomic E-state index is 13.5. The van der Waals surface area contributed by atoms with Crippen molar-refractivity contribution in [1.29, 1.82) is 0 Å². The number of nitrogens with zero attached hydrogens (tertiary/aromatic N) is 3. The molecular weight excluding hydrogens is 331 g/mol. The topological polar surface area (TPSA) is 50.2 Å². The molecule has 1 aliphatic heterocycles. The highest BCUT2D eigenvalue weighted by atomic mass is 19.1. The van der Waals surface area contributed by atoms with Crippen LogP contribution < -0.4 is 5.32 Å². The van der Waals surface area contributed by atoms with Crippen LogP contribution >= 0.6 is 0 Å². The van der Waals surface area contributed by atoms with Crippen molar-refractivity contribution >= 4 is 5.91 Å². The van der Waals surface area contributed by atoms with Gasteiger partial charge in [-0.3, -0.25) is 9.69 Å². The fourth-order valence-corrected chi connectivity index (χ4v) is 3.50. The van der Waals surface area contributed by atoms with Gasteiger partial charge in [-0.1, -0.05) is 13.0 Å². The number of amides is 1. The smallest absolute Gasteiger partial charge is 0.234 e. The van der Waals surface area contributed by atoms with E-state index < -0.39 is 0 Å². The third-order valence-electron chi connectivity index (χ3n) is 5.19. The van der Waals surface area contributed by atoms with Crippen LogP contribution in [0.1, 0.15) is 44.0 Å². The van der Waals surface area contributed by atoms with E-state index in [0.29, 0.717) is 12.2 Å². The molecule has 3 rings (SSSR count). The molecule has 6 heteroatoms. The van der Waals surface area contributed by atoms with E-state index in [1.165, 1.54) is 12.1 Å². The van der Waals surface area contributed by atoms with Gasteiger partial charge in [0.15, 0.2) is 0 Å². The van der Waals surface area contributed by atoms with Gasteiger partial charge >= 0.3 is 0 Å². The molecule has 1 amide bonds. The van der Waals surface area contributed by atoms with Crippen LogP contribution in [-0.2, 0) is 4.79 Å². The standard InChI is InChI=1S/C20H27FN4O/c1-14-7-9-24(10-8-14)13-20(26)23-15(2)19-12-22-25(16(19)3)18-6-4-5-17(21)11-18/h4-6,11-12,14-15H,7-10,13H2,1-3H3,(H,23,26). The van der Waals surface area contributed by atoms with Crippen LogP contribution in [0.25, 0.3) is 5.69 Å². The highest BCUT2D eigenvalue weighted by Gasteiger charge is 2.20. The van der Waals surface area contributed by atoms with Crippen LogP contribution in [0, 0.1) is 18.7 Å². The Morgan fingerprint density at radius 3 is 2.81 bits per heavy atom. The summed E-state index contributed by atoms with van der Waals surface area (Å²) in [6, 6.07) is 6.19. The quantitative estimate of drug-likeness (QED) is 0.893. The second-order valence-corrected chi connectivity index (χ2v) is 7.32. The van der Waals surface area contributed by atoms with Gasteiger partial charge in [0.25, 0.3) is 0 Å². The number of hydrogen-bond acceptors (Lipinski definition) is 3. The number of carbonyl (C=O) groups excluding carboxylic acids is 1. The molecule has 5 nitrogen and oxygen atoms in total. The lowest BCUT2D eigenvalue weighted by molar-refractivity contribution is -0.123. The number of aromatic nitrogens is 2. The molecule has 140 valence electrons. The summed E-state index contributed by atoms with van der Waals surface area (Å²) in [4.78, 5) is 14.6. The van der Waals surface area contributed by atoms with Crippen molar-refractivity contribution in [3.63, 3.8) is 0 Å². The van der Waals surface area contributed by atoms with E-state index in [1.807, 2.05) is 19.9 Å². The summed E-state index contributed by atoms with van der Waals surface area (Å²) >= 11 is 0. The minimum atomic E-state index is -0.295. The van der Waals surface area contributed by atoms with Crippen molar-refractivity contribution in [3.05, 3.63) is 47.5 Å². The van der Waals surface area contributed by atoms with Gasteiger partial charge in [0, 0.05) is 11.3 Å². The molecule has 1 aromatic heterocycles. The first kappa shape index (κ1) is 18.6. The van der Waals surface area contributed by atoms with Crippen LogP contribution in [0.3, 0.4) is 0 Å². The first-order chi connectivity index (χ1) is 12.4. The summed E-state index contributed by atoms with van der Waals surface area (Å²) in [6.45, 7) is 8.56. The van der Waals surface area contributed by atoms with Crippen LogP contribution in [0.4, 0.5) is 4.39 Å². The molecule has 1 N–H and O–H groups in total. The van der Waals surface area contributed by atoms with E-state index >= 15 is 0 Å². The Balaban J connectivity index is 1.63. The zero-order valence-electron chi connectivity index (χ0n) is 15.7. The van der Waals surface area contributed by atoms with Gasteiger partial charge in [-0.05, 0) is 63.9 Å². The van der Waals surface area contributed by atoms with Gasteiger partial charge in [0.05, 0.1) is 24.5 Å². The number of nitrogens with one attached hydrogen (secondary N) is 1. The zero-order valence-corrected chi connectivity index (χ0v) is 15.7. The Labute approximate surface area is 154 Å². The Bertz CT molecular complexity index is 765. The summed E-state index contributed by atoms with van der Waals surface area (Å²) in [5.74, 6) is 0.491. The lowest BCUT2D eigenvalue weighted by Gasteiger charge is -2.29. The normalized spacial score (nSPS) is 17.2. The molecule has 2 heterocycles. The van der Waals surface area contributed by atoms with Gasteiger partial charge < -0.3 is 5.32 Å². The number of hydrogen-bond donors (Lipinski definition) is 1. The van der Waals surface area contributed by atoms with E-state index in [9.17, 15) is 9.18 Å². The minimum absolute atomic E-state index is 0.0324.